The Labute approximate surface area is 143 Å². The van der Waals surface area contributed by atoms with Gasteiger partial charge in [0.15, 0.2) is 0 Å². The van der Waals surface area contributed by atoms with Gasteiger partial charge in [0.25, 0.3) is 5.91 Å². The van der Waals surface area contributed by atoms with Gasteiger partial charge in [-0.1, -0.05) is 25.1 Å². The van der Waals surface area contributed by atoms with Crippen molar-refractivity contribution in [1.82, 2.24) is 20.0 Å². The highest BCUT2D eigenvalue weighted by molar-refractivity contribution is 5.95. The van der Waals surface area contributed by atoms with Crippen molar-refractivity contribution in [3.8, 4) is 5.69 Å². The van der Waals surface area contributed by atoms with Gasteiger partial charge >= 0.3 is 0 Å². The standard InChI is InChI=1S/C19H26N4O/c1-3-11-22-12-9-16(10-13-22)21-19(24)18-14-20-23(15(18)2)17-7-5-4-6-8-17/h4-8,14,16H,3,9-13H2,1-2H3,(H,21,24). The Bertz CT molecular complexity index is 672. The molecular weight excluding hydrogens is 300 g/mol. The van der Waals surface area contributed by atoms with Crippen molar-refractivity contribution in [2.75, 3.05) is 19.6 Å². The van der Waals surface area contributed by atoms with Gasteiger partial charge in [0.1, 0.15) is 0 Å². The summed E-state index contributed by atoms with van der Waals surface area (Å²) in [6, 6.07) is 10.2. The number of carbonyl (C=O) groups is 1. The van der Waals surface area contributed by atoms with Crippen molar-refractivity contribution in [1.29, 1.82) is 0 Å². The lowest BCUT2D eigenvalue weighted by Crippen LogP contribution is -2.44. The molecule has 1 aromatic heterocycles. The topological polar surface area (TPSA) is 50.2 Å². The molecule has 1 fully saturated rings. The van der Waals surface area contributed by atoms with Crippen LogP contribution in [0.4, 0.5) is 0 Å². The molecule has 5 nitrogen and oxygen atoms in total. The molecule has 0 saturated carbocycles. The van der Waals surface area contributed by atoms with Gasteiger partial charge in [0.2, 0.25) is 0 Å². The molecular formula is C19H26N4O. The van der Waals surface area contributed by atoms with Crippen LogP contribution in [0.2, 0.25) is 0 Å². The summed E-state index contributed by atoms with van der Waals surface area (Å²) in [5.74, 6) is -0.0105. The summed E-state index contributed by atoms with van der Waals surface area (Å²) in [6.07, 6.45) is 4.91. The quantitative estimate of drug-likeness (QED) is 0.919. The SMILES string of the molecule is CCCN1CCC(NC(=O)c2cnn(-c3ccccc3)c2C)CC1. The van der Waals surface area contributed by atoms with Crippen molar-refractivity contribution >= 4 is 5.91 Å². The van der Waals surface area contributed by atoms with Gasteiger partial charge in [-0.15, -0.1) is 0 Å². The number of hydrogen-bond acceptors (Lipinski definition) is 3. The zero-order chi connectivity index (χ0) is 16.9. The molecule has 0 radical (unpaired) electrons. The number of benzene rings is 1. The highest BCUT2D eigenvalue weighted by Crippen LogP contribution is 2.16. The average Bonchev–Trinajstić information content (AvgIpc) is 2.99. The third-order valence-electron chi connectivity index (χ3n) is 4.72. The first-order chi connectivity index (χ1) is 11.7. The summed E-state index contributed by atoms with van der Waals surface area (Å²) < 4.78 is 1.82. The summed E-state index contributed by atoms with van der Waals surface area (Å²) in [4.78, 5) is 15.1. The molecule has 0 spiro atoms. The summed E-state index contributed by atoms with van der Waals surface area (Å²) in [7, 11) is 0. The molecule has 2 aromatic rings. The molecule has 1 saturated heterocycles. The first kappa shape index (κ1) is 16.7. The molecule has 0 atom stereocenters. The van der Waals surface area contributed by atoms with Crippen LogP contribution in [0.1, 0.15) is 42.2 Å². The van der Waals surface area contributed by atoms with E-state index in [1.165, 1.54) is 6.42 Å². The Hall–Kier alpha value is -2.14. The normalized spacial score (nSPS) is 16.2. The molecule has 0 aliphatic carbocycles. The Morgan fingerprint density at radius 2 is 1.96 bits per heavy atom. The van der Waals surface area contributed by atoms with Gasteiger partial charge in [-0.25, -0.2) is 4.68 Å². The van der Waals surface area contributed by atoms with E-state index in [4.69, 9.17) is 0 Å². The van der Waals surface area contributed by atoms with Crippen LogP contribution >= 0.6 is 0 Å². The van der Waals surface area contributed by atoms with Gasteiger partial charge in [0, 0.05) is 19.1 Å². The van der Waals surface area contributed by atoms with E-state index < -0.39 is 0 Å². The van der Waals surface area contributed by atoms with Crippen LogP contribution in [-0.4, -0.2) is 46.3 Å². The number of amides is 1. The summed E-state index contributed by atoms with van der Waals surface area (Å²) in [5.41, 5.74) is 2.51. The predicted octanol–water partition coefficient (Wildman–Crippen LogP) is 2.78. The van der Waals surface area contributed by atoms with Gasteiger partial charge in [-0.3, -0.25) is 4.79 Å². The maximum absolute atomic E-state index is 12.6. The van der Waals surface area contributed by atoms with Crippen molar-refractivity contribution in [2.45, 2.75) is 39.2 Å². The highest BCUT2D eigenvalue weighted by Gasteiger charge is 2.22. The number of piperidine rings is 1. The first-order valence-corrected chi connectivity index (χ1v) is 8.82. The van der Waals surface area contributed by atoms with E-state index in [1.807, 2.05) is 41.9 Å². The third kappa shape index (κ3) is 3.67. The highest BCUT2D eigenvalue weighted by atomic mass is 16.1. The lowest BCUT2D eigenvalue weighted by atomic mass is 10.0. The number of carbonyl (C=O) groups excluding carboxylic acids is 1. The maximum atomic E-state index is 12.6. The van der Waals surface area contributed by atoms with E-state index in [0.29, 0.717) is 5.56 Å². The summed E-state index contributed by atoms with van der Waals surface area (Å²) in [5, 5.41) is 7.57. The van der Waals surface area contributed by atoms with Crippen LogP contribution < -0.4 is 5.32 Å². The third-order valence-corrected chi connectivity index (χ3v) is 4.72. The second-order valence-corrected chi connectivity index (χ2v) is 6.48. The molecule has 128 valence electrons. The minimum atomic E-state index is -0.0105. The predicted molar refractivity (Wildman–Crippen MR) is 95.5 cm³/mol. The molecule has 1 amide bonds. The fourth-order valence-corrected chi connectivity index (χ4v) is 3.34. The molecule has 0 bridgehead atoms. The molecule has 5 heteroatoms. The van der Waals surface area contributed by atoms with Crippen LogP contribution in [-0.2, 0) is 0 Å². The zero-order valence-electron chi connectivity index (χ0n) is 14.5. The van der Waals surface area contributed by atoms with Crippen molar-refractivity contribution in [2.24, 2.45) is 0 Å². The zero-order valence-corrected chi connectivity index (χ0v) is 14.5. The lowest BCUT2D eigenvalue weighted by Gasteiger charge is -2.32. The number of nitrogens with one attached hydrogen (secondary N) is 1. The van der Waals surface area contributed by atoms with E-state index in [0.717, 1.165) is 43.9 Å². The fourth-order valence-electron chi connectivity index (χ4n) is 3.34. The van der Waals surface area contributed by atoms with E-state index >= 15 is 0 Å². The van der Waals surface area contributed by atoms with Crippen LogP contribution in [0.3, 0.4) is 0 Å². The number of nitrogens with zero attached hydrogens (tertiary/aromatic N) is 3. The monoisotopic (exact) mass is 326 g/mol. The molecule has 24 heavy (non-hydrogen) atoms. The number of hydrogen-bond donors (Lipinski definition) is 1. The van der Waals surface area contributed by atoms with E-state index in [9.17, 15) is 4.79 Å². The number of rotatable bonds is 5. The first-order valence-electron chi connectivity index (χ1n) is 8.82. The molecule has 1 aromatic carbocycles. The Balaban J connectivity index is 1.63. The van der Waals surface area contributed by atoms with Crippen LogP contribution in [0.15, 0.2) is 36.5 Å². The maximum Gasteiger partial charge on any atom is 0.254 e. The number of para-hydroxylation sites is 1. The van der Waals surface area contributed by atoms with Crippen molar-refractivity contribution in [3.05, 3.63) is 47.8 Å². The van der Waals surface area contributed by atoms with E-state index in [1.54, 1.807) is 6.20 Å². The summed E-state index contributed by atoms with van der Waals surface area (Å²) in [6.45, 7) is 7.45. The molecule has 1 N–H and O–H groups in total. The lowest BCUT2D eigenvalue weighted by molar-refractivity contribution is 0.0910. The van der Waals surface area contributed by atoms with E-state index in [-0.39, 0.29) is 11.9 Å². The molecule has 0 unspecified atom stereocenters. The minimum absolute atomic E-state index is 0.0105. The largest absolute Gasteiger partial charge is 0.349 e. The van der Waals surface area contributed by atoms with Crippen molar-refractivity contribution in [3.63, 3.8) is 0 Å². The van der Waals surface area contributed by atoms with Gasteiger partial charge in [-0.05, 0) is 44.9 Å². The molecule has 1 aliphatic heterocycles. The molecule has 3 rings (SSSR count). The van der Waals surface area contributed by atoms with Crippen LogP contribution in [0.5, 0.6) is 0 Å². The Morgan fingerprint density at radius 1 is 1.25 bits per heavy atom. The minimum Gasteiger partial charge on any atom is -0.349 e. The van der Waals surface area contributed by atoms with E-state index in [2.05, 4.69) is 22.2 Å². The smallest absolute Gasteiger partial charge is 0.254 e. The fraction of sp³-hybridized carbons (Fsp3) is 0.474. The average molecular weight is 326 g/mol. The Kier molecular flexibility index (Phi) is 5.30. The number of aromatic nitrogens is 2. The van der Waals surface area contributed by atoms with Gasteiger partial charge < -0.3 is 10.2 Å². The van der Waals surface area contributed by atoms with Crippen molar-refractivity contribution < 1.29 is 4.79 Å². The second kappa shape index (κ2) is 7.62. The molecule has 2 heterocycles. The number of likely N-dealkylation sites (tertiary alicyclic amines) is 1. The Morgan fingerprint density at radius 3 is 2.62 bits per heavy atom. The second-order valence-electron chi connectivity index (χ2n) is 6.48. The summed E-state index contributed by atoms with van der Waals surface area (Å²) >= 11 is 0. The van der Waals surface area contributed by atoms with Crippen LogP contribution in [0, 0.1) is 6.92 Å². The van der Waals surface area contributed by atoms with Gasteiger partial charge in [0.05, 0.1) is 23.1 Å². The van der Waals surface area contributed by atoms with Crippen LogP contribution in [0.25, 0.3) is 5.69 Å². The van der Waals surface area contributed by atoms with Gasteiger partial charge in [-0.2, -0.15) is 5.10 Å². The molecule has 1 aliphatic rings.